The number of ether oxygens (including phenoxy) is 1. The van der Waals surface area contributed by atoms with E-state index >= 15 is 0 Å². The van der Waals surface area contributed by atoms with Crippen molar-refractivity contribution in [2.24, 2.45) is 0 Å². The fraction of sp³-hybridized carbons (Fsp3) is 0.667. The molecule has 2 N–H and O–H groups in total. The molecule has 1 fully saturated rings. The second-order valence-electron chi connectivity index (χ2n) is 8.47. The molecule has 1 aromatic rings. The number of aliphatic hydroxyl groups is 1. The molecule has 1 aliphatic heterocycles. The lowest BCUT2D eigenvalue weighted by atomic mass is 9.91. The maximum absolute atomic E-state index is 12.1. The van der Waals surface area contributed by atoms with Gasteiger partial charge >= 0.3 is 5.69 Å². The van der Waals surface area contributed by atoms with Crippen LogP contribution in [0.1, 0.15) is 39.8 Å². The van der Waals surface area contributed by atoms with Crippen molar-refractivity contribution in [1.29, 1.82) is 0 Å². The Morgan fingerprint density at radius 3 is 2.69 bits per heavy atom. The first-order chi connectivity index (χ1) is 11.9. The Kier molecular flexibility index (Phi) is 5.82. The molecule has 0 spiro atoms. The van der Waals surface area contributed by atoms with Gasteiger partial charge in [0.1, 0.15) is 17.9 Å². The maximum atomic E-state index is 12.1. The Hall–Kier alpha value is -1.48. The molecule has 1 aliphatic rings. The first-order valence-electron chi connectivity index (χ1n) is 8.84. The zero-order valence-electron chi connectivity index (χ0n) is 16.2. The minimum absolute atomic E-state index is 0.0391. The summed E-state index contributed by atoms with van der Waals surface area (Å²) in [6.45, 7) is 14.7. The van der Waals surface area contributed by atoms with E-state index in [1.54, 1.807) is 6.08 Å². The summed E-state index contributed by atoms with van der Waals surface area (Å²) in [5.41, 5.74) is -2.21. The van der Waals surface area contributed by atoms with Gasteiger partial charge in [0.15, 0.2) is 8.32 Å². The summed E-state index contributed by atoms with van der Waals surface area (Å²) in [6, 6.07) is 1.26. The quantitative estimate of drug-likeness (QED) is 0.581. The van der Waals surface area contributed by atoms with E-state index in [4.69, 9.17) is 9.16 Å². The van der Waals surface area contributed by atoms with Crippen LogP contribution in [-0.2, 0) is 9.16 Å². The van der Waals surface area contributed by atoms with Crippen molar-refractivity contribution in [2.45, 2.75) is 69.7 Å². The topological polar surface area (TPSA) is 93.6 Å². The van der Waals surface area contributed by atoms with Crippen molar-refractivity contribution in [3.05, 3.63) is 45.8 Å². The van der Waals surface area contributed by atoms with Crippen molar-refractivity contribution in [2.75, 3.05) is 6.61 Å². The first-order valence-corrected chi connectivity index (χ1v) is 11.7. The van der Waals surface area contributed by atoms with Crippen molar-refractivity contribution in [3.8, 4) is 0 Å². The normalized spacial score (nSPS) is 26.8. The summed E-state index contributed by atoms with van der Waals surface area (Å²) < 4.78 is 13.5. The summed E-state index contributed by atoms with van der Waals surface area (Å²) in [7, 11) is -2.01. The van der Waals surface area contributed by atoms with E-state index in [1.807, 2.05) is 0 Å². The van der Waals surface area contributed by atoms with Gasteiger partial charge in [0, 0.05) is 18.7 Å². The van der Waals surface area contributed by atoms with Gasteiger partial charge in [-0.05, 0) is 24.6 Å². The van der Waals surface area contributed by atoms with Gasteiger partial charge in [-0.1, -0.05) is 26.8 Å². The highest BCUT2D eigenvalue weighted by atomic mass is 28.4. The highest BCUT2D eigenvalue weighted by molar-refractivity contribution is 6.74. The molecule has 1 saturated heterocycles. The Bertz CT molecular complexity index is 764. The summed E-state index contributed by atoms with van der Waals surface area (Å²) in [6.07, 6.45) is 2.32. The maximum Gasteiger partial charge on any atom is 0.330 e. The lowest BCUT2D eigenvalue weighted by Gasteiger charge is -2.38. The van der Waals surface area contributed by atoms with Crippen LogP contribution in [0.5, 0.6) is 0 Å². The molecular weight excluding hydrogens is 352 g/mol. The molecule has 0 amide bonds. The van der Waals surface area contributed by atoms with Crippen LogP contribution in [0.25, 0.3) is 0 Å². The van der Waals surface area contributed by atoms with E-state index in [0.29, 0.717) is 6.42 Å². The molecule has 0 saturated carbocycles. The molecule has 3 atom stereocenters. The standard InChI is InChI=1S/C18H30N2O5Si/c1-7-9-18(23)11-15(20-10-8-14(21)19-16(20)22)25-13(18)12-24-26(5,6)17(2,3)4/h7-8,10,13,15,23H,1,9,11-12H2,2-6H3,(H,19,21,22). The number of nitrogens with zero attached hydrogens (tertiary/aromatic N) is 1. The van der Waals surface area contributed by atoms with Gasteiger partial charge in [0.05, 0.1) is 6.61 Å². The molecule has 0 bridgehead atoms. The van der Waals surface area contributed by atoms with Gasteiger partial charge in [-0.25, -0.2) is 4.79 Å². The highest BCUT2D eigenvalue weighted by Crippen LogP contribution is 2.41. The monoisotopic (exact) mass is 382 g/mol. The Balaban J connectivity index is 2.23. The van der Waals surface area contributed by atoms with Gasteiger partial charge in [-0.3, -0.25) is 14.3 Å². The highest BCUT2D eigenvalue weighted by Gasteiger charge is 2.49. The number of hydrogen-bond acceptors (Lipinski definition) is 5. The van der Waals surface area contributed by atoms with Crippen LogP contribution in [-0.4, -0.2) is 41.3 Å². The van der Waals surface area contributed by atoms with Crippen LogP contribution < -0.4 is 11.2 Å². The number of aromatic amines is 1. The molecule has 7 nitrogen and oxygen atoms in total. The summed E-state index contributed by atoms with van der Waals surface area (Å²) >= 11 is 0. The summed E-state index contributed by atoms with van der Waals surface area (Å²) in [4.78, 5) is 25.5. The molecule has 26 heavy (non-hydrogen) atoms. The SMILES string of the molecule is C=CCC1(O)CC(n2ccc(=O)[nH]c2=O)OC1CO[Si](C)(C)C(C)(C)C. The predicted octanol–water partition coefficient (Wildman–Crippen LogP) is 2.15. The van der Waals surface area contributed by atoms with E-state index in [2.05, 4.69) is 45.4 Å². The minimum Gasteiger partial charge on any atom is -0.414 e. The molecule has 1 aromatic heterocycles. The van der Waals surface area contributed by atoms with Gasteiger partial charge in [0.25, 0.3) is 5.56 Å². The molecule has 8 heteroatoms. The van der Waals surface area contributed by atoms with Crippen molar-refractivity contribution < 1.29 is 14.3 Å². The van der Waals surface area contributed by atoms with Gasteiger partial charge in [-0.2, -0.15) is 0 Å². The number of hydrogen-bond donors (Lipinski definition) is 2. The number of aromatic nitrogens is 2. The van der Waals surface area contributed by atoms with Crippen LogP contribution >= 0.6 is 0 Å². The van der Waals surface area contributed by atoms with Crippen LogP contribution in [0.3, 0.4) is 0 Å². The first kappa shape index (κ1) is 20.8. The molecule has 2 heterocycles. The fourth-order valence-electron chi connectivity index (χ4n) is 2.78. The molecule has 2 rings (SSSR count). The smallest absolute Gasteiger partial charge is 0.330 e. The lowest BCUT2D eigenvalue weighted by Crippen LogP contribution is -2.47. The second kappa shape index (κ2) is 7.26. The molecule has 0 aromatic carbocycles. The number of rotatable bonds is 6. The van der Waals surface area contributed by atoms with Crippen LogP contribution in [0.2, 0.25) is 18.1 Å². The molecular formula is C18H30N2O5Si. The Morgan fingerprint density at radius 2 is 2.15 bits per heavy atom. The van der Waals surface area contributed by atoms with E-state index < -0.39 is 37.5 Å². The molecule has 146 valence electrons. The lowest BCUT2D eigenvalue weighted by molar-refractivity contribution is -0.0787. The molecule has 0 radical (unpaired) electrons. The van der Waals surface area contributed by atoms with Crippen molar-refractivity contribution in [1.82, 2.24) is 9.55 Å². The average Bonchev–Trinajstić information content (AvgIpc) is 2.81. The molecule has 3 unspecified atom stereocenters. The van der Waals surface area contributed by atoms with Gasteiger partial charge in [0.2, 0.25) is 0 Å². The summed E-state index contributed by atoms with van der Waals surface area (Å²) in [5.74, 6) is 0. The van der Waals surface area contributed by atoms with E-state index in [0.717, 1.165) is 0 Å². The third kappa shape index (κ3) is 4.25. The van der Waals surface area contributed by atoms with Crippen LogP contribution in [0.4, 0.5) is 0 Å². The van der Waals surface area contributed by atoms with Crippen LogP contribution in [0.15, 0.2) is 34.5 Å². The Labute approximate surface area is 154 Å². The van der Waals surface area contributed by atoms with Crippen molar-refractivity contribution >= 4 is 8.32 Å². The van der Waals surface area contributed by atoms with Crippen LogP contribution in [0, 0.1) is 0 Å². The summed E-state index contributed by atoms with van der Waals surface area (Å²) in [5, 5.41) is 11.1. The largest absolute Gasteiger partial charge is 0.414 e. The average molecular weight is 383 g/mol. The number of H-pyrrole nitrogens is 1. The third-order valence-electron chi connectivity index (χ3n) is 5.51. The van der Waals surface area contributed by atoms with E-state index in [-0.39, 0.29) is 18.1 Å². The van der Waals surface area contributed by atoms with Gasteiger partial charge < -0.3 is 14.3 Å². The Morgan fingerprint density at radius 1 is 1.50 bits per heavy atom. The predicted molar refractivity (Wildman–Crippen MR) is 103 cm³/mol. The van der Waals surface area contributed by atoms with Crippen molar-refractivity contribution in [3.63, 3.8) is 0 Å². The molecule has 0 aliphatic carbocycles. The third-order valence-corrected chi connectivity index (χ3v) is 10.0. The van der Waals surface area contributed by atoms with Gasteiger partial charge in [-0.15, -0.1) is 6.58 Å². The fourth-order valence-corrected chi connectivity index (χ4v) is 3.78. The second-order valence-corrected chi connectivity index (χ2v) is 13.3. The zero-order chi connectivity index (χ0) is 19.8. The van der Waals surface area contributed by atoms with E-state index in [9.17, 15) is 14.7 Å². The zero-order valence-corrected chi connectivity index (χ0v) is 17.2. The van der Waals surface area contributed by atoms with E-state index in [1.165, 1.54) is 16.8 Å². The minimum atomic E-state index is -2.01. The number of nitrogens with one attached hydrogen (secondary N) is 1.